The first-order valence-corrected chi connectivity index (χ1v) is 7.91. The number of piperazine rings is 1. The van der Waals surface area contributed by atoms with Crippen LogP contribution in [0, 0.1) is 6.92 Å². The van der Waals surface area contributed by atoms with Gasteiger partial charge in [0.2, 0.25) is 5.95 Å². The van der Waals surface area contributed by atoms with E-state index in [1.54, 1.807) is 24.3 Å². The monoisotopic (exact) mass is 327 g/mol. The van der Waals surface area contributed by atoms with Gasteiger partial charge in [-0.3, -0.25) is 0 Å². The van der Waals surface area contributed by atoms with Crippen LogP contribution in [0.3, 0.4) is 0 Å². The zero-order valence-electron chi connectivity index (χ0n) is 13.9. The van der Waals surface area contributed by atoms with Crippen LogP contribution in [0.5, 0.6) is 0 Å². The maximum Gasteiger partial charge on any atom is 0.337 e. The third-order valence-electron chi connectivity index (χ3n) is 4.05. The van der Waals surface area contributed by atoms with Crippen molar-refractivity contribution in [1.29, 1.82) is 0 Å². The third kappa shape index (κ3) is 3.62. The van der Waals surface area contributed by atoms with Gasteiger partial charge in [-0.25, -0.2) is 9.78 Å². The average molecular weight is 327 g/mol. The molecule has 0 spiro atoms. The molecular weight excluding hydrogens is 306 g/mol. The Hall–Kier alpha value is -2.67. The molecule has 1 aromatic carbocycles. The normalized spacial score (nSPS) is 15.3. The Balaban J connectivity index is 1.86. The van der Waals surface area contributed by atoms with Crippen molar-refractivity contribution in [1.82, 2.24) is 14.9 Å². The molecule has 2 aromatic rings. The van der Waals surface area contributed by atoms with Crippen LogP contribution in [0.1, 0.15) is 16.1 Å². The number of nitrogens with one attached hydrogen (secondary N) is 1. The molecule has 0 atom stereocenters. The van der Waals surface area contributed by atoms with Crippen LogP contribution in [-0.4, -0.2) is 59.2 Å². The molecule has 1 aliphatic rings. The fraction of sp³-hybridized carbons (Fsp3) is 0.353. The van der Waals surface area contributed by atoms with E-state index < -0.39 is 5.97 Å². The molecule has 0 unspecified atom stereocenters. The van der Waals surface area contributed by atoms with E-state index in [2.05, 4.69) is 32.1 Å². The summed E-state index contributed by atoms with van der Waals surface area (Å²) >= 11 is 0. The molecule has 0 radical (unpaired) electrons. The number of hydrogen-bond donors (Lipinski definition) is 2. The summed E-state index contributed by atoms with van der Waals surface area (Å²) in [5, 5.41) is 12.4. The molecule has 1 aromatic heterocycles. The molecule has 24 heavy (non-hydrogen) atoms. The number of aryl methyl sites for hydroxylation is 1. The van der Waals surface area contributed by atoms with Crippen molar-refractivity contribution in [3.05, 3.63) is 41.6 Å². The Morgan fingerprint density at radius 2 is 1.88 bits per heavy atom. The highest BCUT2D eigenvalue weighted by Crippen LogP contribution is 2.22. The van der Waals surface area contributed by atoms with Gasteiger partial charge in [0.1, 0.15) is 5.82 Å². The summed E-state index contributed by atoms with van der Waals surface area (Å²) in [6.45, 7) is 5.62. The van der Waals surface area contributed by atoms with Crippen LogP contribution in [0.4, 0.5) is 17.5 Å². The van der Waals surface area contributed by atoms with Crippen LogP contribution < -0.4 is 10.2 Å². The quantitative estimate of drug-likeness (QED) is 0.888. The number of likely N-dealkylation sites (N-methyl/N-ethyl adjacent to an activating group) is 1. The maximum absolute atomic E-state index is 11.3. The van der Waals surface area contributed by atoms with E-state index >= 15 is 0 Å². The molecule has 0 amide bonds. The molecule has 126 valence electrons. The molecule has 1 saturated heterocycles. The lowest BCUT2D eigenvalue weighted by atomic mass is 10.2. The molecule has 2 heterocycles. The lowest BCUT2D eigenvalue weighted by Gasteiger charge is -2.32. The lowest BCUT2D eigenvalue weighted by Crippen LogP contribution is -2.45. The minimum absolute atomic E-state index is 0.218. The summed E-state index contributed by atoms with van der Waals surface area (Å²) in [4.78, 5) is 24.9. The van der Waals surface area contributed by atoms with E-state index in [9.17, 15) is 9.90 Å². The van der Waals surface area contributed by atoms with E-state index in [0.29, 0.717) is 17.5 Å². The minimum atomic E-state index is -0.969. The van der Waals surface area contributed by atoms with Crippen LogP contribution in [0.15, 0.2) is 30.3 Å². The van der Waals surface area contributed by atoms with Gasteiger partial charge in [0.15, 0.2) is 0 Å². The van der Waals surface area contributed by atoms with Crippen LogP contribution in [0.2, 0.25) is 0 Å². The summed E-state index contributed by atoms with van der Waals surface area (Å²) in [6, 6.07) is 8.62. The second kappa shape index (κ2) is 6.84. The predicted octanol–water partition coefficient (Wildman–Crippen LogP) is 1.98. The Morgan fingerprint density at radius 3 is 2.58 bits per heavy atom. The van der Waals surface area contributed by atoms with Gasteiger partial charge < -0.3 is 20.2 Å². The SMILES string of the molecule is Cc1cc(Nc2ccccc2C(=O)O)nc(N2CCN(C)CC2)n1. The molecule has 0 aliphatic carbocycles. The van der Waals surface area contributed by atoms with Gasteiger partial charge in [0, 0.05) is 37.9 Å². The molecule has 7 nitrogen and oxygen atoms in total. The van der Waals surface area contributed by atoms with Gasteiger partial charge in [-0.15, -0.1) is 0 Å². The average Bonchev–Trinajstić information content (AvgIpc) is 2.55. The molecule has 1 aliphatic heterocycles. The Bertz CT molecular complexity index is 742. The van der Waals surface area contributed by atoms with E-state index in [4.69, 9.17) is 0 Å². The third-order valence-corrected chi connectivity index (χ3v) is 4.05. The Labute approximate surface area is 141 Å². The van der Waals surface area contributed by atoms with Gasteiger partial charge in [0.25, 0.3) is 0 Å². The second-order valence-electron chi connectivity index (χ2n) is 5.96. The molecule has 3 rings (SSSR count). The molecule has 1 fully saturated rings. The largest absolute Gasteiger partial charge is 0.478 e. The number of aromatic carboxylic acids is 1. The van der Waals surface area contributed by atoms with Gasteiger partial charge in [-0.05, 0) is 26.1 Å². The summed E-state index contributed by atoms with van der Waals surface area (Å²) < 4.78 is 0. The van der Waals surface area contributed by atoms with Crippen molar-refractivity contribution in [3.8, 4) is 0 Å². The van der Waals surface area contributed by atoms with Crippen molar-refractivity contribution in [3.63, 3.8) is 0 Å². The van der Waals surface area contributed by atoms with Crippen molar-refractivity contribution in [2.24, 2.45) is 0 Å². The number of carboxylic acids is 1. The maximum atomic E-state index is 11.3. The van der Waals surface area contributed by atoms with Gasteiger partial charge in [0.05, 0.1) is 11.3 Å². The van der Waals surface area contributed by atoms with Crippen molar-refractivity contribution in [2.45, 2.75) is 6.92 Å². The predicted molar refractivity (Wildman–Crippen MR) is 93.2 cm³/mol. The number of aromatic nitrogens is 2. The first-order chi connectivity index (χ1) is 11.5. The fourth-order valence-electron chi connectivity index (χ4n) is 2.68. The van der Waals surface area contributed by atoms with Crippen LogP contribution in [-0.2, 0) is 0 Å². The van der Waals surface area contributed by atoms with Crippen LogP contribution >= 0.6 is 0 Å². The highest BCUT2D eigenvalue weighted by Gasteiger charge is 2.18. The molecular formula is C17H21N5O2. The second-order valence-corrected chi connectivity index (χ2v) is 5.96. The smallest absolute Gasteiger partial charge is 0.337 e. The number of rotatable bonds is 4. The fourth-order valence-corrected chi connectivity index (χ4v) is 2.68. The van der Waals surface area contributed by atoms with E-state index in [0.717, 1.165) is 31.9 Å². The topological polar surface area (TPSA) is 81.6 Å². The first kappa shape index (κ1) is 16.2. The standard InChI is InChI=1S/C17H21N5O2/c1-12-11-15(19-14-6-4-3-5-13(14)16(23)24)20-17(18-12)22-9-7-21(2)8-10-22/h3-6,11H,7-10H2,1-2H3,(H,23,24)(H,18,19,20). The summed E-state index contributed by atoms with van der Waals surface area (Å²) in [7, 11) is 2.10. The summed E-state index contributed by atoms with van der Waals surface area (Å²) in [5.74, 6) is 0.312. The molecule has 2 N–H and O–H groups in total. The number of benzene rings is 1. The zero-order valence-corrected chi connectivity index (χ0v) is 13.9. The number of carboxylic acid groups (broad SMARTS) is 1. The number of hydrogen-bond acceptors (Lipinski definition) is 6. The number of nitrogens with zero attached hydrogens (tertiary/aromatic N) is 4. The van der Waals surface area contributed by atoms with Crippen molar-refractivity contribution >= 4 is 23.4 Å². The number of anilines is 3. The summed E-state index contributed by atoms with van der Waals surface area (Å²) in [6.07, 6.45) is 0. The lowest BCUT2D eigenvalue weighted by molar-refractivity contribution is 0.0698. The Kier molecular flexibility index (Phi) is 4.61. The van der Waals surface area contributed by atoms with Crippen molar-refractivity contribution < 1.29 is 9.90 Å². The molecule has 0 saturated carbocycles. The minimum Gasteiger partial charge on any atom is -0.478 e. The highest BCUT2D eigenvalue weighted by molar-refractivity contribution is 5.95. The molecule has 0 bridgehead atoms. The van der Waals surface area contributed by atoms with Gasteiger partial charge in [-0.2, -0.15) is 4.98 Å². The van der Waals surface area contributed by atoms with E-state index in [-0.39, 0.29) is 5.56 Å². The van der Waals surface area contributed by atoms with Crippen molar-refractivity contribution in [2.75, 3.05) is 43.4 Å². The van der Waals surface area contributed by atoms with E-state index in [1.165, 1.54) is 0 Å². The Morgan fingerprint density at radius 1 is 1.17 bits per heavy atom. The number of para-hydroxylation sites is 1. The van der Waals surface area contributed by atoms with Gasteiger partial charge in [-0.1, -0.05) is 12.1 Å². The highest BCUT2D eigenvalue weighted by atomic mass is 16.4. The molecule has 7 heteroatoms. The number of carbonyl (C=O) groups is 1. The van der Waals surface area contributed by atoms with Crippen LogP contribution in [0.25, 0.3) is 0 Å². The van der Waals surface area contributed by atoms with E-state index in [1.807, 2.05) is 13.0 Å². The first-order valence-electron chi connectivity index (χ1n) is 7.91. The zero-order chi connectivity index (χ0) is 17.1. The summed E-state index contributed by atoms with van der Waals surface area (Å²) in [5.41, 5.74) is 1.58. The van der Waals surface area contributed by atoms with Gasteiger partial charge >= 0.3 is 5.97 Å².